The summed E-state index contributed by atoms with van der Waals surface area (Å²) in [4.78, 5) is 11.3. The lowest BCUT2D eigenvalue weighted by Gasteiger charge is -2.13. The average molecular weight is 292 g/mol. The summed E-state index contributed by atoms with van der Waals surface area (Å²) in [5.41, 5.74) is 5.66. The molecule has 0 aliphatic heterocycles. The summed E-state index contributed by atoms with van der Waals surface area (Å²) in [6, 6.07) is -0.456. The summed E-state index contributed by atoms with van der Waals surface area (Å²) in [5, 5.41) is 0. The Bertz CT molecular complexity index is 168. The maximum Gasteiger partial charge on any atom is 0.322 e. The van der Waals surface area contributed by atoms with E-state index in [1.807, 2.05) is 55.4 Å². The van der Waals surface area contributed by atoms with Gasteiger partial charge in [0.25, 0.3) is 0 Å². The first-order valence-corrected chi connectivity index (χ1v) is 8.35. The third-order valence-electron chi connectivity index (χ3n) is 1.97. The predicted molar refractivity (Wildman–Crippen MR) is 91.9 cm³/mol. The van der Waals surface area contributed by atoms with Crippen molar-refractivity contribution < 1.29 is 9.53 Å². The Morgan fingerprint density at radius 3 is 1.60 bits per heavy atom. The summed E-state index contributed by atoms with van der Waals surface area (Å²) < 4.78 is 5.05. The molecule has 0 bridgehead atoms. The molecule has 0 fully saturated rings. The van der Waals surface area contributed by atoms with Crippen LogP contribution < -0.4 is 5.73 Å². The van der Waals surface area contributed by atoms with Gasteiger partial charge in [0.05, 0.1) is 6.61 Å². The summed E-state index contributed by atoms with van der Waals surface area (Å²) >= 11 is 0. The fraction of sp³-hybridized carbons (Fsp3) is 0.941. The molecule has 0 radical (unpaired) electrons. The molecule has 3 nitrogen and oxygen atoms in total. The van der Waals surface area contributed by atoms with Gasteiger partial charge < -0.3 is 10.5 Å². The number of carbonyl (C=O) groups excluding carboxylic acids is 1. The van der Waals surface area contributed by atoms with Gasteiger partial charge in [0.1, 0.15) is 6.04 Å². The molecule has 0 aromatic heterocycles. The Labute approximate surface area is 128 Å². The Morgan fingerprint density at radius 1 is 0.900 bits per heavy atom. The molecule has 126 valence electrons. The van der Waals surface area contributed by atoms with Crippen LogP contribution >= 0.6 is 0 Å². The third kappa shape index (κ3) is 26.1. The van der Waals surface area contributed by atoms with Crippen LogP contribution in [0.15, 0.2) is 0 Å². The first-order valence-electron chi connectivity index (χ1n) is 8.35. The van der Waals surface area contributed by atoms with E-state index < -0.39 is 6.04 Å². The van der Waals surface area contributed by atoms with Gasteiger partial charge in [-0.1, -0.05) is 69.2 Å². The van der Waals surface area contributed by atoms with E-state index in [1.54, 1.807) is 0 Å². The second-order valence-electron chi connectivity index (χ2n) is 4.59. The van der Waals surface area contributed by atoms with Crippen LogP contribution in [-0.4, -0.2) is 18.6 Å². The van der Waals surface area contributed by atoms with Crippen molar-refractivity contribution in [2.75, 3.05) is 6.61 Å². The maximum atomic E-state index is 11.3. The van der Waals surface area contributed by atoms with Crippen molar-refractivity contribution in [3.8, 4) is 0 Å². The van der Waals surface area contributed by atoms with Crippen molar-refractivity contribution in [1.29, 1.82) is 0 Å². The van der Waals surface area contributed by atoms with E-state index in [1.165, 1.54) is 0 Å². The van der Waals surface area contributed by atoms with Crippen molar-refractivity contribution in [1.82, 2.24) is 0 Å². The van der Waals surface area contributed by atoms with Gasteiger partial charge in [0.15, 0.2) is 0 Å². The van der Waals surface area contributed by atoms with Gasteiger partial charge in [0, 0.05) is 0 Å². The molecule has 0 aliphatic carbocycles. The van der Waals surface area contributed by atoms with Crippen molar-refractivity contribution >= 4 is 5.97 Å². The molecule has 0 rings (SSSR count). The number of nitrogens with two attached hydrogens (primary N) is 1. The Balaban J connectivity index is -0.000000187. The number of hydrogen-bond donors (Lipinski definition) is 1. The average Bonchev–Trinajstić information content (AvgIpc) is 2.44. The van der Waals surface area contributed by atoms with Gasteiger partial charge >= 0.3 is 5.97 Å². The van der Waals surface area contributed by atoms with Crippen LogP contribution in [0.1, 0.15) is 82.1 Å². The van der Waals surface area contributed by atoms with Gasteiger partial charge in [-0.15, -0.1) is 0 Å². The highest BCUT2D eigenvalue weighted by molar-refractivity contribution is 5.75. The van der Waals surface area contributed by atoms with E-state index in [0.717, 1.165) is 6.42 Å². The third-order valence-corrected chi connectivity index (χ3v) is 1.97. The number of rotatable bonds is 6. The van der Waals surface area contributed by atoms with Crippen LogP contribution in [0.3, 0.4) is 0 Å². The largest absolute Gasteiger partial charge is 0.465 e. The lowest BCUT2D eigenvalue weighted by Crippen LogP contribution is -2.33. The van der Waals surface area contributed by atoms with Crippen LogP contribution in [0.5, 0.6) is 0 Å². The SMILES string of the molecule is CC.CC.CC.CC(C)CCOC(=O)C(N)CC(C)C. The van der Waals surface area contributed by atoms with E-state index in [-0.39, 0.29) is 5.97 Å². The van der Waals surface area contributed by atoms with Crippen LogP contribution in [-0.2, 0) is 9.53 Å². The maximum absolute atomic E-state index is 11.3. The Morgan fingerprint density at radius 2 is 1.30 bits per heavy atom. The molecular weight excluding hydrogens is 250 g/mol. The van der Waals surface area contributed by atoms with Gasteiger partial charge in [-0.3, -0.25) is 4.79 Å². The molecule has 3 heteroatoms. The second-order valence-corrected chi connectivity index (χ2v) is 4.59. The molecule has 0 aliphatic rings. The molecule has 0 spiro atoms. The van der Waals surface area contributed by atoms with Crippen molar-refractivity contribution in [3.63, 3.8) is 0 Å². The van der Waals surface area contributed by atoms with Gasteiger partial charge in [0.2, 0.25) is 0 Å². The zero-order chi connectivity index (χ0) is 17.1. The first-order chi connectivity index (χ1) is 9.43. The smallest absolute Gasteiger partial charge is 0.322 e. The normalized spacial score (nSPS) is 10.2. The minimum absolute atomic E-state index is 0.264. The highest BCUT2D eigenvalue weighted by Gasteiger charge is 2.16. The molecule has 1 unspecified atom stereocenters. The summed E-state index contributed by atoms with van der Waals surface area (Å²) in [7, 11) is 0. The topological polar surface area (TPSA) is 52.3 Å². The summed E-state index contributed by atoms with van der Waals surface area (Å²) in [5.74, 6) is 0.728. The standard InChI is InChI=1S/C11H23NO2.3C2H6/c1-8(2)5-6-14-11(13)10(12)7-9(3)4;3*1-2/h8-10H,5-7,12H2,1-4H3;3*1-2H3. The Kier molecular flexibility index (Phi) is 32.6. The van der Waals surface area contributed by atoms with E-state index in [0.29, 0.717) is 24.9 Å². The van der Waals surface area contributed by atoms with Crippen LogP contribution in [0, 0.1) is 11.8 Å². The fourth-order valence-corrected chi connectivity index (χ4v) is 1.11. The van der Waals surface area contributed by atoms with Crippen molar-refractivity contribution in [3.05, 3.63) is 0 Å². The lowest BCUT2D eigenvalue weighted by molar-refractivity contribution is -0.145. The summed E-state index contributed by atoms with van der Waals surface area (Å²) in [6.45, 7) is 20.8. The number of esters is 1. The quantitative estimate of drug-likeness (QED) is 0.698. The van der Waals surface area contributed by atoms with Crippen LogP contribution in [0.25, 0.3) is 0 Å². The number of carbonyl (C=O) groups is 1. The molecule has 0 aromatic rings. The fourth-order valence-electron chi connectivity index (χ4n) is 1.11. The van der Waals surface area contributed by atoms with Crippen LogP contribution in [0.4, 0.5) is 0 Å². The molecule has 1 atom stereocenters. The molecule has 2 N–H and O–H groups in total. The van der Waals surface area contributed by atoms with Crippen LogP contribution in [0.2, 0.25) is 0 Å². The second kappa shape index (κ2) is 23.5. The molecule has 0 heterocycles. The number of hydrogen-bond acceptors (Lipinski definition) is 3. The first kappa shape index (κ1) is 27.7. The minimum Gasteiger partial charge on any atom is -0.465 e. The predicted octanol–water partition coefficient (Wildman–Crippen LogP) is 5.03. The highest BCUT2D eigenvalue weighted by atomic mass is 16.5. The van der Waals surface area contributed by atoms with Gasteiger partial charge in [-0.25, -0.2) is 0 Å². The van der Waals surface area contributed by atoms with Gasteiger partial charge in [-0.2, -0.15) is 0 Å². The highest BCUT2D eigenvalue weighted by Crippen LogP contribution is 2.05. The lowest BCUT2D eigenvalue weighted by atomic mass is 10.1. The van der Waals surface area contributed by atoms with Crippen molar-refractivity contribution in [2.45, 2.75) is 88.1 Å². The zero-order valence-corrected chi connectivity index (χ0v) is 15.7. The Hall–Kier alpha value is -0.570. The molecule has 0 saturated heterocycles. The monoisotopic (exact) mass is 291 g/mol. The molecule has 20 heavy (non-hydrogen) atoms. The molecule has 0 saturated carbocycles. The van der Waals surface area contributed by atoms with Crippen molar-refractivity contribution in [2.24, 2.45) is 17.6 Å². The molecular formula is C17H41NO2. The van der Waals surface area contributed by atoms with E-state index in [2.05, 4.69) is 13.8 Å². The zero-order valence-electron chi connectivity index (χ0n) is 15.7. The van der Waals surface area contributed by atoms with Gasteiger partial charge in [-0.05, 0) is 24.7 Å². The van der Waals surface area contributed by atoms with E-state index in [9.17, 15) is 4.79 Å². The molecule has 0 amide bonds. The minimum atomic E-state index is -0.456. The summed E-state index contributed by atoms with van der Waals surface area (Å²) in [6.07, 6.45) is 1.60. The molecule has 0 aromatic carbocycles. The number of ether oxygens (including phenoxy) is 1. The van der Waals surface area contributed by atoms with E-state index in [4.69, 9.17) is 10.5 Å². The van der Waals surface area contributed by atoms with E-state index >= 15 is 0 Å².